The molecule has 0 saturated heterocycles. The van der Waals surface area contributed by atoms with Crippen LogP contribution in [0.15, 0.2) is 23.5 Å². The summed E-state index contributed by atoms with van der Waals surface area (Å²) in [5, 5.41) is 20.4. The van der Waals surface area contributed by atoms with Crippen molar-refractivity contribution in [2.45, 2.75) is 90.8 Å². The van der Waals surface area contributed by atoms with Gasteiger partial charge in [-0.15, -0.1) is 0 Å². The Bertz CT molecular complexity index is 1050. The number of alkyl halides is 2. The standard InChI is InChI=1S/C27H36F2O7/c1-13(2)15(4)35-23(34)36-27(22(32)33)14(3)9-17-18-12-20(28)19-10-16(30)11-21(31)25(19,6)26(18,29)8-7-24(17,27)5/h10-11,13-15,17-18,20,30H,7-9,12H2,1-6H3,(H,32,33)/t14-,15?,17+,18+,20+,24+,25-,26?,27-/m1/s1. The normalized spacial score (nSPS) is 44.5. The highest BCUT2D eigenvalue weighted by Gasteiger charge is 2.77. The zero-order valence-corrected chi connectivity index (χ0v) is 21.6. The summed E-state index contributed by atoms with van der Waals surface area (Å²) < 4.78 is 43.8. The third-order valence-electron chi connectivity index (χ3n) is 10.1. The van der Waals surface area contributed by atoms with Gasteiger partial charge in [0, 0.05) is 23.3 Å². The van der Waals surface area contributed by atoms with Gasteiger partial charge in [-0.1, -0.05) is 27.7 Å². The van der Waals surface area contributed by atoms with Gasteiger partial charge in [-0.2, -0.15) is 0 Å². The van der Waals surface area contributed by atoms with Gasteiger partial charge in [0.2, 0.25) is 5.60 Å². The number of aliphatic carboxylic acids is 1. The van der Waals surface area contributed by atoms with Gasteiger partial charge in [-0.3, -0.25) is 4.79 Å². The summed E-state index contributed by atoms with van der Waals surface area (Å²) in [7, 11) is 0. The number of halogens is 2. The molecule has 7 nitrogen and oxygen atoms in total. The first kappa shape index (κ1) is 26.6. The van der Waals surface area contributed by atoms with Crippen LogP contribution in [0.5, 0.6) is 0 Å². The van der Waals surface area contributed by atoms with Crippen molar-refractivity contribution in [1.29, 1.82) is 0 Å². The highest BCUT2D eigenvalue weighted by molar-refractivity contribution is 6.00. The number of ether oxygens (including phenoxy) is 2. The molecule has 0 aliphatic heterocycles. The Balaban J connectivity index is 1.76. The predicted molar refractivity (Wildman–Crippen MR) is 126 cm³/mol. The van der Waals surface area contributed by atoms with E-state index < -0.39 is 75.8 Å². The zero-order chi connectivity index (χ0) is 27.0. The van der Waals surface area contributed by atoms with Crippen LogP contribution in [0.4, 0.5) is 13.6 Å². The molecule has 36 heavy (non-hydrogen) atoms. The first-order valence-corrected chi connectivity index (χ1v) is 12.7. The van der Waals surface area contributed by atoms with E-state index in [0.717, 1.165) is 12.2 Å². The molecule has 0 bridgehead atoms. The van der Waals surface area contributed by atoms with Crippen LogP contribution in [0.3, 0.4) is 0 Å². The average molecular weight is 511 g/mol. The Labute approximate surface area is 209 Å². The summed E-state index contributed by atoms with van der Waals surface area (Å²) in [6.45, 7) is 10.1. The number of carbonyl (C=O) groups excluding carboxylic acids is 2. The van der Waals surface area contributed by atoms with E-state index in [9.17, 15) is 24.6 Å². The number of fused-ring (bicyclic) bond motifs is 5. The predicted octanol–water partition coefficient (Wildman–Crippen LogP) is 5.49. The summed E-state index contributed by atoms with van der Waals surface area (Å²) in [6.07, 6.45) is -1.49. The largest absolute Gasteiger partial charge is 0.509 e. The second-order valence-electron chi connectivity index (χ2n) is 12.0. The van der Waals surface area contributed by atoms with Gasteiger partial charge in [-0.05, 0) is 63.0 Å². The molecule has 0 amide bonds. The van der Waals surface area contributed by atoms with Gasteiger partial charge < -0.3 is 19.7 Å². The third-order valence-corrected chi connectivity index (χ3v) is 10.1. The molecule has 0 spiro atoms. The minimum absolute atomic E-state index is 0.0110. The van der Waals surface area contributed by atoms with Crippen molar-refractivity contribution in [3.63, 3.8) is 0 Å². The van der Waals surface area contributed by atoms with Crippen molar-refractivity contribution < 1.29 is 42.9 Å². The fourth-order valence-corrected chi connectivity index (χ4v) is 7.67. The lowest BCUT2D eigenvalue weighted by Gasteiger charge is -2.61. The number of allylic oxidation sites excluding steroid dienone is 3. The number of carboxylic acid groups (broad SMARTS) is 1. The number of hydrogen-bond acceptors (Lipinski definition) is 6. The van der Waals surface area contributed by atoms with Gasteiger partial charge in [-0.25, -0.2) is 18.4 Å². The highest BCUT2D eigenvalue weighted by Crippen LogP contribution is 2.71. The Morgan fingerprint density at radius 3 is 2.33 bits per heavy atom. The summed E-state index contributed by atoms with van der Waals surface area (Å²) >= 11 is 0. The number of ketones is 1. The van der Waals surface area contributed by atoms with Crippen LogP contribution in [0.25, 0.3) is 0 Å². The molecule has 0 aromatic carbocycles. The molecule has 3 fully saturated rings. The average Bonchev–Trinajstić information content (AvgIpc) is 2.99. The Hall–Kier alpha value is -2.45. The van der Waals surface area contributed by atoms with Gasteiger partial charge in [0.15, 0.2) is 5.78 Å². The Kier molecular flexibility index (Phi) is 6.12. The van der Waals surface area contributed by atoms with Crippen molar-refractivity contribution in [2.24, 2.45) is 34.5 Å². The lowest BCUT2D eigenvalue weighted by molar-refractivity contribution is -0.206. The zero-order valence-electron chi connectivity index (χ0n) is 21.6. The van der Waals surface area contributed by atoms with Crippen LogP contribution in [0.2, 0.25) is 0 Å². The van der Waals surface area contributed by atoms with Gasteiger partial charge >= 0.3 is 12.1 Å². The molecule has 2 unspecified atom stereocenters. The number of carboxylic acids is 1. The molecule has 0 heterocycles. The maximum Gasteiger partial charge on any atom is 0.509 e. The van der Waals surface area contributed by atoms with Gasteiger partial charge in [0.25, 0.3) is 0 Å². The fraction of sp³-hybridized carbons (Fsp3) is 0.741. The molecule has 0 aromatic rings. The molecule has 3 saturated carbocycles. The molecule has 4 aliphatic carbocycles. The first-order valence-electron chi connectivity index (χ1n) is 12.7. The SMILES string of the molecule is CC(C)C(C)OC(=O)O[C@@]1(C(=O)O)[C@H](C)C[C@H]2[C@@H]3C[C@H](F)C4=CC(O)=CC(=O)[C@]4(C)C3(F)CC[C@@]21C. The van der Waals surface area contributed by atoms with Crippen molar-refractivity contribution in [1.82, 2.24) is 0 Å². The minimum atomic E-state index is -2.15. The van der Waals surface area contributed by atoms with E-state index in [1.165, 1.54) is 6.92 Å². The minimum Gasteiger partial charge on any atom is -0.508 e. The van der Waals surface area contributed by atoms with E-state index in [4.69, 9.17) is 9.47 Å². The molecule has 200 valence electrons. The van der Waals surface area contributed by atoms with E-state index in [1.54, 1.807) is 20.8 Å². The molecular formula is C27H36F2O7. The van der Waals surface area contributed by atoms with Crippen molar-refractivity contribution >= 4 is 17.9 Å². The number of aliphatic hydroxyl groups is 1. The molecule has 9 heteroatoms. The molecule has 4 aliphatic rings. The number of hydrogen-bond donors (Lipinski definition) is 2. The second kappa shape index (κ2) is 8.28. The van der Waals surface area contributed by atoms with Crippen molar-refractivity contribution in [3.8, 4) is 0 Å². The molecule has 2 N–H and O–H groups in total. The van der Waals surface area contributed by atoms with E-state index >= 15 is 8.78 Å². The smallest absolute Gasteiger partial charge is 0.508 e. The van der Waals surface area contributed by atoms with Gasteiger partial charge in [0.05, 0.1) is 5.41 Å². The van der Waals surface area contributed by atoms with Crippen LogP contribution in [-0.4, -0.2) is 51.7 Å². The van der Waals surface area contributed by atoms with E-state index in [-0.39, 0.29) is 37.2 Å². The first-order chi connectivity index (χ1) is 16.6. The lowest BCUT2D eigenvalue weighted by Crippen LogP contribution is -2.67. The quantitative estimate of drug-likeness (QED) is 0.482. The summed E-state index contributed by atoms with van der Waals surface area (Å²) in [4.78, 5) is 38.7. The van der Waals surface area contributed by atoms with Gasteiger partial charge in [0.1, 0.15) is 23.7 Å². The van der Waals surface area contributed by atoms with Crippen molar-refractivity contribution in [2.75, 3.05) is 0 Å². The summed E-state index contributed by atoms with van der Waals surface area (Å²) in [5.41, 5.74) is -7.25. The van der Waals surface area contributed by atoms with E-state index in [0.29, 0.717) is 0 Å². The third kappa shape index (κ3) is 3.23. The molecular weight excluding hydrogens is 474 g/mol. The number of aliphatic hydroxyl groups excluding tert-OH is 1. The summed E-state index contributed by atoms with van der Waals surface area (Å²) in [5.74, 6) is -4.82. The van der Waals surface area contributed by atoms with E-state index in [1.807, 2.05) is 13.8 Å². The van der Waals surface area contributed by atoms with Crippen LogP contribution >= 0.6 is 0 Å². The second-order valence-corrected chi connectivity index (χ2v) is 12.0. The Morgan fingerprint density at radius 2 is 1.75 bits per heavy atom. The molecule has 4 rings (SSSR count). The van der Waals surface area contributed by atoms with E-state index in [2.05, 4.69) is 0 Å². The van der Waals surface area contributed by atoms with Crippen molar-refractivity contribution in [3.05, 3.63) is 23.5 Å². The lowest BCUT2D eigenvalue weighted by atomic mass is 9.44. The van der Waals surface area contributed by atoms with Crippen LogP contribution in [0, 0.1) is 34.5 Å². The van der Waals surface area contributed by atoms with Crippen LogP contribution in [0.1, 0.15) is 67.2 Å². The van der Waals surface area contributed by atoms with Crippen LogP contribution < -0.4 is 0 Å². The molecule has 0 aromatic heterocycles. The monoisotopic (exact) mass is 510 g/mol. The fourth-order valence-electron chi connectivity index (χ4n) is 7.67. The van der Waals surface area contributed by atoms with Crippen LogP contribution in [-0.2, 0) is 19.1 Å². The number of carbonyl (C=O) groups is 3. The molecule has 0 radical (unpaired) electrons. The topological polar surface area (TPSA) is 110 Å². The summed E-state index contributed by atoms with van der Waals surface area (Å²) in [6, 6.07) is 0. The maximum absolute atomic E-state index is 17.2. The number of rotatable bonds is 4. The highest BCUT2D eigenvalue weighted by atomic mass is 19.1. The molecule has 9 atom stereocenters. The Morgan fingerprint density at radius 1 is 1.11 bits per heavy atom. The maximum atomic E-state index is 17.2.